The van der Waals surface area contributed by atoms with Crippen molar-refractivity contribution < 1.29 is 9.53 Å². The second-order valence-corrected chi connectivity index (χ2v) is 5.11. The first-order valence-electron chi connectivity index (χ1n) is 7.25. The molecular formula is C16H23NO2. The van der Waals surface area contributed by atoms with Gasteiger partial charge in [0.15, 0.2) is 5.78 Å². The van der Waals surface area contributed by atoms with Crippen LogP contribution in [0.15, 0.2) is 30.3 Å². The maximum atomic E-state index is 11.9. The summed E-state index contributed by atoms with van der Waals surface area (Å²) in [5, 5.41) is 3.45. The summed E-state index contributed by atoms with van der Waals surface area (Å²) in [5.41, 5.74) is 0.838. The fourth-order valence-electron chi connectivity index (χ4n) is 2.43. The minimum atomic E-state index is 0.264. The van der Waals surface area contributed by atoms with Gasteiger partial charge in [0.05, 0.1) is 13.2 Å². The number of Topliss-reactive ketones (excluding diaryl/α,β-unsaturated/α-hetero) is 1. The Bertz CT molecular complexity index is 372. The first-order valence-corrected chi connectivity index (χ1v) is 7.25. The van der Waals surface area contributed by atoms with Crippen LogP contribution in [0.3, 0.4) is 0 Å². The summed E-state index contributed by atoms with van der Waals surface area (Å²) < 4.78 is 5.42. The van der Waals surface area contributed by atoms with Gasteiger partial charge in [0, 0.05) is 24.6 Å². The maximum Gasteiger partial charge on any atom is 0.162 e. The molecule has 0 radical (unpaired) electrons. The molecule has 1 heterocycles. The molecule has 1 atom stereocenters. The zero-order valence-corrected chi connectivity index (χ0v) is 11.4. The summed E-state index contributed by atoms with van der Waals surface area (Å²) >= 11 is 0. The number of ether oxygens (including phenoxy) is 1. The van der Waals surface area contributed by atoms with Crippen LogP contribution < -0.4 is 5.32 Å². The maximum absolute atomic E-state index is 11.9. The van der Waals surface area contributed by atoms with Crippen molar-refractivity contribution in [2.75, 3.05) is 19.8 Å². The van der Waals surface area contributed by atoms with E-state index in [9.17, 15) is 4.79 Å². The van der Waals surface area contributed by atoms with Crippen LogP contribution in [0.2, 0.25) is 0 Å². The molecule has 1 N–H and O–H groups in total. The van der Waals surface area contributed by atoms with Crippen LogP contribution in [0.25, 0.3) is 0 Å². The minimum absolute atomic E-state index is 0.264. The molecule has 1 aliphatic rings. The van der Waals surface area contributed by atoms with Gasteiger partial charge < -0.3 is 10.1 Å². The van der Waals surface area contributed by atoms with E-state index in [4.69, 9.17) is 4.74 Å². The van der Waals surface area contributed by atoms with Gasteiger partial charge >= 0.3 is 0 Å². The summed E-state index contributed by atoms with van der Waals surface area (Å²) in [6, 6.07) is 10.1. The molecule has 3 nitrogen and oxygen atoms in total. The second-order valence-electron chi connectivity index (χ2n) is 5.11. The summed E-state index contributed by atoms with van der Waals surface area (Å²) in [6.07, 6.45) is 5.10. The van der Waals surface area contributed by atoms with Gasteiger partial charge in [-0.05, 0) is 12.8 Å². The molecule has 0 bridgehead atoms. The average Bonchev–Trinajstić information content (AvgIpc) is 2.49. The van der Waals surface area contributed by atoms with Crippen LogP contribution in [-0.4, -0.2) is 31.6 Å². The fourth-order valence-corrected chi connectivity index (χ4v) is 2.43. The summed E-state index contributed by atoms with van der Waals surface area (Å²) in [7, 11) is 0. The molecule has 3 heteroatoms. The van der Waals surface area contributed by atoms with Crippen molar-refractivity contribution in [2.24, 2.45) is 0 Å². The Morgan fingerprint density at radius 2 is 2.05 bits per heavy atom. The first-order chi connectivity index (χ1) is 9.36. The Labute approximate surface area is 115 Å². The third kappa shape index (κ3) is 5.13. The van der Waals surface area contributed by atoms with Crippen LogP contribution >= 0.6 is 0 Å². The molecule has 0 saturated carbocycles. The molecule has 19 heavy (non-hydrogen) atoms. The van der Waals surface area contributed by atoms with Crippen molar-refractivity contribution in [3.8, 4) is 0 Å². The Kier molecular flexibility index (Phi) is 6.05. The van der Waals surface area contributed by atoms with Crippen molar-refractivity contribution in [3.05, 3.63) is 35.9 Å². The number of morpholine rings is 1. The summed E-state index contributed by atoms with van der Waals surface area (Å²) in [4.78, 5) is 11.9. The van der Waals surface area contributed by atoms with Crippen molar-refractivity contribution in [1.82, 2.24) is 5.32 Å². The van der Waals surface area contributed by atoms with E-state index >= 15 is 0 Å². The zero-order valence-electron chi connectivity index (χ0n) is 11.4. The Hall–Kier alpha value is -1.19. The lowest BCUT2D eigenvalue weighted by atomic mass is 10.0. The van der Waals surface area contributed by atoms with Crippen molar-refractivity contribution >= 4 is 5.78 Å². The lowest BCUT2D eigenvalue weighted by molar-refractivity contribution is 0.0733. The van der Waals surface area contributed by atoms with Gasteiger partial charge in [-0.3, -0.25) is 4.79 Å². The Balaban J connectivity index is 1.55. The zero-order chi connectivity index (χ0) is 13.3. The molecule has 0 spiro atoms. The third-order valence-corrected chi connectivity index (χ3v) is 3.55. The topological polar surface area (TPSA) is 38.3 Å². The molecular weight excluding hydrogens is 238 g/mol. The number of hydrogen-bond donors (Lipinski definition) is 1. The minimum Gasteiger partial charge on any atom is -0.379 e. The summed E-state index contributed by atoms with van der Waals surface area (Å²) in [6.45, 7) is 2.64. The molecule has 1 aromatic rings. The lowest BCUT2D eigenvalue weighted by Gasteiger charge is -2.23. The van der Waals surface area contributed by atoms with E-state index in [1.807, 2.05) is 30.3 Å². The number of hydrogen-bond acceptors (Lipinski definition) is 3. The highest BCUT2D eigenvalue weighted by atomic mass is 16.5. The highest BCUT2D eigenvalue weighted by Crippen LogP contribution is 2.11. The largest absolute Gasteiger partial charge is 0.379 e. The van der Waals surface area contributed by atoms with E-state index in [-0.39, 0.29) is 5.78 Å². The van der Waals surface area contributed by atoms with Crippen LogP contribution in [0, 0.1) is 0 Å². The molecule has 1 aromatic carbocycles. The number of benzene rings is 1. The van der Waals surface area contributed by atoms with Gasteiger partial charge in [-0.25, -0.2) is 0 Å². The molecule has 0 aromatic heterocycles. The highest BCUT2D eigenvalue weighted by Gasteiger charge is 2.12. The monoisotopic (exact) mass is 261 g/mol. The second kappa shape index (κ2) is 8.08. The van der Waals surface area contributed by atoms with E-state index in [0.717, 1.165) is 44.6 Å². The van der Waals surface area contributed by atoms with Gasteiger partial charge in [-0.15, -0.1) is 0 Å². The van der Waals surface area contributed by atoms with Gasteiger partial charge in [0.1, 0.15) is 0 Å². The number of nitrogens with one attached hydrogen (secondary N) is 1. The van der Waals surface area contributed by atoms with E-state index in [1.54, 1.807) is 0 Å². The van der Waals surface area contributed by atoms with E-state index in [1.165, 1.54) is 6.42 Å². The molecule has 1 unspecified atom stereocenters. The molecule has 1 aliphatic heterocycles. The summed E-state index contributed by atoms with van der Waals surface area (Å²) in [5.74, 6) is 0.264. The van der Waals surface area contributed by atoms with Gasteiger partial charge in [-0.1, -0.05) is 43.2 Å². The van der Waals surface area contributed by atoms with Crippen LogP contribution in [0.1, 0.15) is 42.5 Å². The van der Waals surface area contributed by atoms with Crippen LogP contribution in [0.4, 0.5) is 0 Å². The van der Waals surface area contributed by atoms with Gasteiger partial charge in [0.25, 0.3) is 0 Å². The Morgan fingerprint density at radius 3 is 2.79 bits per heavy atom. The molecule has 2 rings (SSSR count). The SMILES string of the molecule is O=C(CCCCCC1COCCN1)c1ccccc1. The van der Waals surface area contributed by atoms with Crippen LogP contribution in [-0.2, 0) is 4.74 Å². The fraction of sp³-hybridized carbons (Fsp3) is 0.562. The smallest absolute Gasteiger partial charge is 0.162 e. The standard InChI is InChI=1S/C16H23NO2/c18-16(14-7-3-1-4-8-14)10-6-2-5-9-15-13-19-12-11-17-15/h1,3-4,7-8,15,17H,2,5-6,9-13H2. The van der Waals surface area contributed by atoms with Crippen molar-refractivity contribution in [1.29, 1.82) is 0 Å². The highest BCUT2D eigenvalue weighted by molar-refractivity contribution is 5.95. The average molecular weight is 261 g/mol. The van der Waals surface area contributed by atoms with Crippen molar-refractivity contribution in [3.63, 3.8) is 0 Å². The number of carbonyl (C=O) groups is 1. The van der Waals surface area contributed by atoms with E-state index in [0.29, 0.717) is 12.5 Å². The number of rotatable bonds is 7. The first kappa shape index (κ1) is 14.2. The van der Waals surface area contributed by atoms with Gasteiger partial charge in [-0.2, -0.15) is 0 Å². The molecule has 1 saturated heterocycles. The normalized spacial score (nSPS) is 19.3. The quantitative estimate of drug-likeness (QED) is 0.606. The predicted octanol–water partition coefficient (Wildman–Crippen LogP) is 2.81. The Morgan fingerprint density at radius 1 is 1.21 bits per heavy atom. The predicted molar refractivity (Wildman–Crippen MR) is 76.5 cm³/mol. The van der Waals surface area contributed by atoms with Crippen LogP contribution in [0.5, 0.6) is 0 Å². The third-order valence-electron chi connectivity index (χ3n) is 3.55. The van der Waals surface area contributed by atoms with E-state index in [2.05, 4.69) is 5.32 Å². The molecule has 1 fully saturated rings. The number of ketones is 1. The molecule has 0 amide bonds. The number of unbranched alkanes of at least 4 members (excludes halogenated alkanes) is 2. The van der Waals surface area contributed by atoms with Gasteiger partial charge in [0.2, 0.25) is 0 Å². The molecule has 104 valence electrons. The lowest BCUT2D eigenvalue weighted by Crippen LogP contribution is -2.41. The number of carbonyl (C=O) groups excluding carboxylic acids is 1. The molecule has 0 aliphatic carbocycles. The van der Waals surface area contributed by atoms with E-state index < -0.39 is 0 Å². The van der Waals surface area contributed by atoms with Crippen molar-refractivity contribution in [2.45, 2.75) is 38.1 Å².